The Bertz CT molecular complexity index is 3960. The molecule has 380 valence electrons. The summed E-state index contributed by atoms with van der Waals surface area (Å²) >= 11 is 0. The van der Waals surface area contributed by atoms with Crippen LogP contribution >= 0.6 is 0 Å². The number of anilines is 12. The normalized spacial score (nSPS) is 11.7. The number of nitrogens with zero attached hydrogens (tertiary/aromatic N) is 4. The summed E-state index contributed by atoms with van der Waals surface area (Å²) in [5.41, 5.74) is 15.4. The van der Waals surface area contributed by atoms with Gasteiger partial charge in [0.05, 0.1) is 28.4 Å². The molecule has 0 amide bonds. The van der Waals surface area contributed by atoms with Crippen LogP contribution in [0.4, 0.5) is 68.2 Å². The fourth-order valence-electron chi connectivity index (χ4n) is 11.4. The van der Waals surface area contributed by atoms with E-state index in [2.05, 4.69) is 340 Å². The molecule has 78 heavy (non-hydrogen) atoms. The van der Waals surface area contributed by atoms with Crippen LogP contribution < -0.4 is 19.6 Å². The zero-order valence-corrected chi connectivity index (χ0v) is 45.3. The Labute approximate surface area is 460 Å². The fourth-order valence-corrected chi connectivity index (χ4v) is 11.4. The number of fused-ring (bicyclic) bond motifs is 3. The number of para-hydroxylation sites is 6. The van der Waals surface area contributed by atoms with Crippen molar-refractivity contribution in [1.29, 1.82) is 0 Å². The van der Waals surface area contributed by atoms with Crippen molar-refractivity contribution in [3.8, 4) is 0 Å². The summed E-state index contributed by atoms with van der Waals surface area (Å²) in [7, 11) is 0. The SMILES string of the molecule is CC(C)(C)c1cc2cc(N(c3ccccc3)c3cccc4c(N(c5ccccc5)c5ccccc5)cccc34)cc(C(C)(C)C)c2cc1N(c1ccccc1)c1cccc2c(N(c3ccccc3)c3ccccc3)cccc12. The molecule has 0 heterocycles. The molecular formula is C74H64N4. The summed E-state index contributed by atoms with van der Waals surface area (Å²) in [6.45, 7) is 14.1. The number of rotatable bonds is 12. The average Bonchev–Trinajstić information content (AvgIpc) is 3.57. The Morgan fingerprint density at radius 1 is 0.205 bits per heavy atom. The van der Waals surface area contributed by atoms with Crippen LogP contribution in [-0.4, -0.2) is 0 Å². The van der Waals surface area contributed by atoms with E-state index in [1.165, 1.54) is 21.9 Å². The standard InChI is InChI=1S/C74H64N4/c1-73(2,3)66-51-60(77(58-37-21-11-22-38-58)70-47-26-41-61-62(70)42-25-45-68(61)75(54-29-13-7-14-30-54)55-31-15-8-16-32-55)49-53-50-67(74(4,5)6)72(52-65(53)66)78(59-39-23-12-24-40-59)71-48-28-43-63-64(71)44-27-46-69(63)76(56-33-17-9-18-34-56)57-35-19-10-20-36-57/h7-52H,1-6H3. The second kappa shape index (κ2) is 20.6. The zero-order valence-electron chi connectivity index (χ0n) is 45.3. The first kappa shape index (κ1) is 49.5. The van der Waals surface area contributed by atoms with Gasteiger partial charge in [-0.3, -0.25) is 0 Å². The Balaban J connectivity index is 1.08. The summed E-state index contributed by atoms with van der Waals surface area (Å²) in [5.74, 6) is 0. The first-order chi connectivity index (χ1) is 38.0. The van der Waals surface area contributed by atoms with Crippen LogP contribution in [0.3, 0.4) is 0 Å². The highest BCUT2D eigenvalue weighted by atomic mass is 15.2. The topological polar surface area (TPSA) is 13.0 Å². The van der Waals surface area contributed by atoms with Gasteiger partial charge in [-0.2, -0.15) is 0 Å². The number of hydrogen-bond donors (Lipinski definition) is 0. The van der Waals surface area contributed by atoms with Crippen LogP contribution in [0.15, 0.2) is 279 Å². The van der Waals surface area contributed by atoms with Crippen molar-refractivity contribution in [2.75, 3.05) is 19.6 Å². The molecule has 0 radical (unpaired) electrons. The summed E-state index contributed by atoms with van der Waals surface area (Å²) < 4.78 is 0. The van der Waals surface area contributed by atoms with E-state index in [1.807, 2.05) is 0 Å². The van der Waals surface area contributed by atoms with Crippen LogP contribution in [-0.2, 0) is 10.8 Å². The Morgan fingerprint density at radius 2 is 0.487 bits per heavy atom. The molecule has 0 aromatic heterocycles. The van der Waals surface area contributed by atoms with Gasteiger partial charge in [-0.25, -0.2) is 0 Å². The molecule has 0 aliphatic heterocycles. The third-order valence-electron chi connectivity index (χ3n) is 15.0. The summed E-state index contributed by atoms with van der Waals surface area (Å²) in [6.07, 6.45) is 0. The predicted octanol–water partition coefficient (Wildman–Crippen LogP) is 21.6. The quantitative estimate of drug-likeness (QED) is 0.121. The minimum absolute atomic E-state index is 0.237. The Hall–Kier alpha value is -9.38. The van der Waals surface area contributed by atoms with Crippen LogP contribution in [0.25, 0.3) is 32.3 Å². The smallest absolute Gasteiger partial charge is 0.0540 e. The molecule has 0 aliphatic rings. The van der Waals surface area contributed by atoms with Crippen LogP contribution in [0.2, 0.25) is 0 Å². The van der Waals surface area contributed by atoms with Crippen molar-refractivity contribution < 1.29 is 0 Å². The van der Waals surface area contributed by atoms with Gasteiger partial charge in [0.1, 0.15) is 0 Å². The van der Waals surface area contributed by atoms with Crippen molar-refractivity contribution in [1.82, 2.24) is 0 Å². The van der Waals surface area contributed by atoms with Crippen molar-refractivity contribution in [2.45, 2.75) is 52.4 Å². The van der Waals surface area contributed by atoms with Gasteiger partial charge in [0, 0.05) is 61.4 Å². The van der Waals surface area contributed by atoms with Gasteiger partial charge in [0.15, 0.2) is 0 Å². The maximum Gasteiger partial charge on any atom is 0.0540 e. The van der Waals surface area contributed by atoms with E-state index < -0.39 is 0 Å². The number of benzene rings is 12. The predicted molar refractivity (Wildman–Crippen MR) is 335 cm³/mol. The monoisotopic (exact) mass is 1010 g/mol. The first-order valence-electron chi connectivity index (χ1n) is 27.2. The molecule has 0 spiro atoms. The molecule has 0 bridgehead atoms. The Morgan fingerprint density at radius 3 is 0.795 bits per heavy atom. The van der Waals surface area contributed by atoms with E-state index in [9.17, 15) is 0 Å². The van der Waals surface area contributed by atoms with Crippen molar-refractivity contribution >= 4 is 101 Å². The minimum atomic E-state index is -0.254. The molecule has 4 nitrogen and oxygen atoms in total. The second-order valence-corrected chi connectivity index (χ2v) is 22.2. The molecule has 0 saturated carbocycles. The molecule has 0 N–H and O–H groups in total. The third-order valence-corrected chi connectivity index (χ3v) is 15.0. The lowest BCUT2D eigenvalue weighted by Crippen LogP contribution is -2.20. The lowest BCUT2D eigenvalue weighted by Gasteiger charge is -2.35. The van der Waals surface area contributed by atoms with E-state index in [-0.39, 0.29) is 10.8 Å². The van der Waals surface area contributed by atoms with Crippen LogP contribution in [0.1, 0.15) is 52.7 Å². The summed E-state index contributed by atoms with van der Waals surface area (Å²) in [5, 5.41) is 7.07. The summed E-state index contributed by atoms with van der Waals surface area (Å²) in [6, 6.07) is 102. The molecule has 12 rings (SSSR count). The average molecular weight is 1010 g/mol. The molecule has 12 aromatic carbocycles. The second-order valence-electron chi connectivity index (χ2n) is 22.2. The molecule has 4 heteroatoms. The van der Waals surface area contributed by atoms with Gasteiger partial charge in [-0.15, -0.1) is 0 Å². The van der Waals surface area contributed by atoms with Crippen molar-refractivity contribution in [3.63, 3.8) is 0 Å². The minimum Gasteiger partial charge on any atom is -0.310 e. The van der Waals surface area contributed by atoms with E-state index in [4.69, 9.17) is 0 Å². The third kappa shape index (κ3) is 9.41. The van der Waals surface area contributed by atoms with E-state index in [0.717, 1.165) is 89.8 Å². The van der Waals surface area contributed by atoms with Gasteiger partial charge in [0.2, 0.25) is 0 Å². The fraction of sp³-hybridized carbons (Fsp3) is 0.108. The lowest BCUT2D eigenvalue weighted by molar-refractivity contribution is 0.590. The van der Waals surface area contributed by atoms with Gasteiger partial charge < -0.3 is 19.6 Å². The van der Waals surface area contributed by atoms with Gasteiger partial charge >= 0.3 is 0 Å². The molecule has 0 saturated heterocycles. The zero-order chi connectivity index (χ0) is 53.4. The lowest BCUT2D eigenvalue weighted by atomic mass is 9.79. The Kier molecular flexibility index (Phi) is 13.1. The highest BCUT2D eigenvalue weighted by Gasteiger charge is 2.30. The highest BCUT2D eigenvalue weighted by Crippen LogP contribution is 2.51. The van der Waals surface area contributed by atoms with Gasteiger partial charge in [0.25, 0.3) is 0 Å². The van der Waals surface area contributed by atoms with Crippen molar-refractivity contribution in [3.05, 3.63) is 290 Å². The molecule has 0 atom stereocenters. The maximum absolute atomic E-state index is 2.51. The molecule has 12 aromatic rings. The van der Waals surface area contributed by atoms with E-state index in [0.29, 0.717) is 0 Å². The first-order valence-corrected chi connectivity index (χ1v) is 27.2. The van der Waals surface area contributed by atoms with Crippen LogP contribution in [0.5, 0.6) is 0 Å². The van der Waals surface area contributed by atoms with E-state index in [1.54, 1.807) is 0 Å². The van der Waals surface area contributed by atoms with Crippen LogP contribution in [0, 0.1) is 0 Å². The molecule has 0 fully saturated rings. The molecular weight excluding hydrogens is 945 g/mol. The largest absolute Gasteiger partial charge is 0.310 e. The van der Waals surface area contributed by atoms with Gasteiger partial charge in [-0.1, -0.05) is 199 Å². The summed E-state index contributed by atoms with van der Waals surface area (Å²) in [4.78, 5) is 9.74. The molecule has 0 unspecified atom stereocenters. The van der Waals surface area contributed by atoms with E-state index >= 15 is 0 Å². The highest BCUT2D eigenvalue weighted by molar-refractivity contribution is 6.10. The molecule has 0 aliphatic carbocycles. The van der Waals surface area contributed by atoms with Crippen molar-refractivity contribution in [2.24, 2.45) is 0 Å². The number of hydrogen-bond acceptors (Lipinski definition) is 4. The van der Waals surface area contributed by atoms with Gasteiger partial charge in [-0.05, 0) is 154 Å². The maximum atomic E-state index is 2.51.